The number of aromatic nitrogens is 2. The molecule has 0 aliphatic rings. The summed E-state index contributed by atoms with van der Waals surface area (Å²) in [4.78, 5) is 4.29. The normalized spacial score (nSPS) is 12.7. The molecule has 2 aromatic rings. The lowest BCUT2D eigenvalue weighted by Gasteiger charge is -2.17. The highest BCUT2D eigenvalue weighted by molar-refractivity contribution is 5.33. The van der Waals surface area contributed by atoms with Crippen molar-refractivity contribution in [3.05, 3.63) is 48.0 Å². The number of hydrogen-bond donors (Lipinski definition) is 1. The summed E-state index contributed by atoms with van der Waals surface area (Å²) >= 11 is 0. The number of rotatable bonds is 5. The Hall–Kier alpha value is -1.84. The fourth-order valence-electron chi connectivity index (χ4n) is 2.09. The Morgan fingerprint density at radius 3 is 2.68 bits per heavy atom. The molecule has 19 heavy (non-hydrogen) atoms. The number of anilines is 1. The van der Waals surface area contributed by atoms with Crippen LogP contribution >= 0.6 is 0 Å². The van der Waals surface area contributed by atoms with Gasteiger partial charge in [-0.2, -0.15) is 0 Å². The quantitative estimate of drug-likeness (QED) is 0.886. The highest BCUT2D eigenvalue weighted by Crippen LogP contribution is 2.21. The molecule has 0 spiro atoms. The van der Waals surface area contributed by atoms with Crippen LogP contribution in [0.2, 0.25) is 0 Å². The largest absolute Gasteiger partial charge is 0.349 e. The van der Waals surface area contributed by atoms with Crippen molar-refractivity contribution in [2.45, 2.75) is 33.4 Å². The molecule has 1 N–H and O–H groups in total. The van der Waals surface area contributed by atoms with Crippen molar-refractivity contribution >= 4 is 5.95 Å². The number of nitrogens with zero attached hydrogens (tertiary/aromatic N) is 2. The topological polar surface area (TPSA) is 29.9 Å². The highest BCUT2D eigenvalue weighted by atomic mass is 19.1. The molecule has 0 aliphatic heterocycles. The van der Waals surface area contributed by atoms with E-state index in [1.807, 2.05) is 19.2 Å². The van der Waals surface area contributed by atoms with Gasteiger partial charge < -0.3 is 9.88 Å². The lowest BCUT2D eigenvalue weighted by atomic mass is 10.1. The minimum absolute atomic E-state index is 0.116. The van der Waals surface area contributed by atoms with Gasteiger partial charge in [-0.25, -0.2) is 9.37 Å². The van der Waals surface area contributed by atoms with Crippen LogP contribution in [0.1, 0.15) is 32.4 Å². The molecule has 4 heteroatoms. The van der Waals surface area contributed by atoms with Crippen molar-refractivity contribution in [1.29, 1.82) is 0 Å². The molecule has 0 aliphatic carbocycles. The summed E-state index contributed by atoms with van der Waals surface area (Å²) in [6, 6.07) is 6.70. The van der Waals surface area contributed by atoms with E-state index in [4.69, 9.17) is 0 Å². The summed E-state index contributed by atoms with van der Waals surface area (Å²) in [5.74, 6) is 1.13. The van der Waals surface area contributed by atoms with E-state index in [9.17, 15) is 4.39 Å². The monoisotopic (exact) mass is 261 g/mol. The first-order valence-corrected chi connectivity index (χ1v) is 6.60. The molecule has 3 nitrogen and oxygen atoms in total. The zero-order chi connectivity index (χ0) is 13.8. The molecule has 1 aromatic heterocycles. The third-order valence-corrected chi connectivity index (χ3v) is 2.99. The number of imidazole rings is 1. The SMILES string of the molecule is CC(C)Cn1ccnc1NC(C)c1ccccc1F. The molecule has 0 radical (unpaired) electrons. The molecule has 102 valence electrons. The molecule has 1 aromatic carbocycles. The Kier molecular flexibility index (Phi) is 4.20. The van der Waals surface area contributed by atoms with E-state index in [0.29, 0.717) is 11.5 Å². The van der Waals surface area contributed by atoms with Crippen molar-refractivity contribution in [2.75, 3.05) is 5.32 Å². The molecule has 0 bridgehead atoms. The second kappa shape index (κ2) is 5.87. The zero-order valence-electron chi connectivity index (χ0n) is 11.6. The van der Waals surface area contributed by atoms with Crippen LogP contribution in [-0.4, -0.2) is 9.55 Å². The van der Waals surface area contributed by atoms with Gasteiger partial charge in [0.05, 0.1) is 6.04 Å². The Bertz CT molecular complexity index is 534. The maximum Gasteiger partial charge on any atom is 0.203 e. The number of benzene rings is 1. The van der Waals surface area contributed by atoms with Gasteiger partial charge in [-0.15, -0.1) is 0 Å². The van der Waals surface area contributed by atoms with Gasteiger partial charge in [0.25, 0.3) is 0 Å². The fourth-order valence-corrected chi connectivity index (χ4v) is 2.09. The van der Waals surface area contributed by atoms with E-state index < -0.39 is 0 Å². The van der Waals surface area contributed by atoms with Crippen LogP contribution in [0.15, 0.2) is 36.7 Å². The molecule has 1 unspecified atom stereocenters. The second-order valence-electron chi connectivity index (χ2n) is 5.18. The standard InChI is InChI=1S/C15H20FN3/c1-11(2)10-19-9-8-17-15(19)18-12(3)13-6-4-5-7-14(13)16/h4-9,11-12H,10H2,1-3H3,(H,17,18). The molecule has 0 saturated heterocycles. The summed E-state index contributed by atoms with van der Waals surface area (Å²) in [6.45, 7) is 7.15. The van der Waals surface area contributed by atoms with Gasteiger partial charge in [-0.1, -0.05) is 32.0 Å². The summed E-state index contributed by atoms with van der Waals surface area (Å²) in [6.07, 6.45) is 3.70. The number of hydrogen-bond acceptors (Lipinski definition) is 2. The molecule has 0 amide bonds. The van der Waals surface area contributed by atoms with E-state index in [-0.39, 0.29) is 11.9 Å². The van der Waals surface area contributed by atoms with E-state index >= 15 is 0 Å². The molecule has 1 heterocycles. The number of nitrogens with one attached hydrogen (secondary N) is 1. The third kappa shape index (κ3) is 3.34. The highest BCUT2D eigenvalue weighted by Gasteiger charge is 2.12. The summed E-state index contributed by atoms with van der Waals surface area (Å²) in [5, 5.41) is 3.26. The zero-order valence-corrected chi connectivity index (χ0v) is 11.6. The predicted octanol–water partition coefficient (Wildman–Crippen LogP) is 3.85. The van der Waals surface area contributed by atoms with Gasteiger partial charge in [-0.05, 0) is 18.9 Å². The van der Waals surface area contributed by atoms with Crippen LogP contribution in [0.3, 0.4) is 0 Å². The van der Waals surface area contributed by atoms with Crippen LogP contribution < -0.4 is 5.32 Å². The predicted molar refractivity (Wildman–Crippen MR) is 75.5 cm³/mol. The Labute approximate surface area is 113 Å². The van der Waals surface area contributed by atoms with Gasteiger partial charge in [0.2, 0.25) is 5.95 Å². The maximum absolute atomic E-state index is 13.7. The fraction of sp³-hybridized carbons (Fsp3) is 0.400. The molecular weight excluding hydrogens is 241 g/mol. The average molecular weight is 261 g/mol. The molecular formula is C15H20FN3. The van der Waals surface area contributed by atoms with Crippen molar-refractivity contribution in [1.82, 2.24) is 9.55 Å². The van der Waals surface area contributed by atoms with Crippen molar-refractivity contribution in [2.24, 2.45) is 5.92 Å². The molecule has 2 rings (SSSR count). The summed E-state index contributed by atoms with van der Waals surface area (Å²) < 4.78 is 15.8. The van der Waals surface area contributed by atoms with Gasteiger partial charge in [0, 0.05) is 24.5 Å². The van der Waals surface area contributed by atoms with Crippen LogP contribution in [0.25, 0.3) is 0 Å². The Balaban J connectivity index is 2.13. The first-order valence-electron chi connectivity index (χ1n) is 6.60. The van der Waals surface area contributed by atoms with Gasteiger partial charge in [0.1, 0.15) is 5.82 Å². The minimum atomic E-state index is -0.190. The minimum Gasteiger partial charge on any atom is -0.349 e. The summed E-state index contributed by atoms with van der Waals surface area (Å²) in [7, 11) is 0. The lowest BCUT2D eigenvalue weighted by molar-refractivity contribution is 0.524. The average Bonchev–Trinajstić information content (AvgIpc) is 2.76. The molecule has 0 fully saturated rings. The van der Waals surface area contributed by atoms with Gasteiger partial charge in [0.15, 0.2) is 0 Å². The van der Waals surface area contributed by atoms with Crippen LogP contribution in [0.5, 0.6) is 0 Å². The van der Waals surface area contributed by atoms with Gasteiger partial charge in [-0.3, -0.25) is 0 Å². The smallest absolute Gasteiger partial charge is 0.203 e. The molecule has 0 saturated carbocycles. The lowest BCUT2D eigenvalue weighted by Crippen LogP contribution is -2.14. The first kappa shape index (κ1) is 13.6. The first-order chi connectivity index (χ1) is 9.08. The maximum atomic E-state index is 13.7. The summed E-state index contributed by atoms with van der Waals surface area (Å²) in [5.41, 5.74) is 0.654. The van der Waals surface area contributed by atoms with Crippen molar-refractivity contribution in [3.63, 3.8) is 0 Å². The van der Waals surface area contributed by atoms with Gasteiger partial charge >= 0.3 is 0 Å². The number of halogens is 1. The van der Waals surface area contributed by atoms with E-state index in [1.165, 1.54) is 6.07 Å². The van der Waals surface area contributed by atoms with E-state index in [0.717, 1.165) is 12.5 Å². The second-order valence-corrected chi connectivity index (χ2v) is 5.18. The Morgan fingerprint density at radius 2 is 2.00 bits per heavy atom. The van der Waals surface area contributed by atoms with E-state index in [1.54, 1.807) is 18.3 Å². The van der Waals surface area contributed by atoms with Crippen LogP contribution in [0, 0.1) is 11.7 Å². The third-order valence-electron chi connectivity index (χ3n) is 2.99. The van der Waals surface area contributed by atoms with Crippen molar-refractivity contribution < 1.29 is 4.39 Å². The van der Waals surface area contributed by atoms with Crippen molar-refractivity contribution in [3.8, 4) is 0 Å². The van der Waals surface area contributed by atoms with Crippen LogP contribution in [0.4, 0.5) is 10.3 Å². The van der Waals surface area contributed by atoms with E-state index in [2.05, 4.69) is 28.7 Å². The molecule has 1 atom stereocenters. The van der Waals surface area contributed by atoms with Crippen LogP contribution in [-0.2, 0) is 6.54 Å². The Morgan fingerprint density at radius 1 is 1.26 bits per heavy atom.